The Hall–Kier alpha value is -1.88. The summed E-state index contributed by atoms with van der Waals surface area (Å²) in [6.45, 7) is 8.28. The number of likely N-dealkylation sites (tertiary alicyclic amines) is 1. The Morgan fingerprint density at radius 3 is 2.29 bits per heavy atom. The lowest BCUT2D eigenvalue weighted by atomic mass is 9.91. The highest BCUT2D eigenvalue weighted by atomic mass is 16.2. The smallest absolute Gasteiger partial charge is 0.238 e. The summed E-state index contributed by atoms with van der Waals surface area (Å²) in [7, 11) is 0. The van der Waals surface area contributed by atoms with E-state index in [2.05, 4.69) is 36.3 Å². The van der Waals surface area contributed by atoms with Crippen LogP contribution in [0.2, 0.25) is 0 Å². The number of hydrogen-bond acceptors (Lipinski definition) is 3. The number of nitrogens with one attached hydrogen (secondary N) is 2. The van der Waals surface area contributed by atoms with E-state index in [0.29, 0.717) is 13.0 Å². The van der Waals surface area contributed by atoms with Crippen molar-refractivity contribution in [3.8, 4) is 0 Å². The van der Waals surface area contributed by atoms with Gasteiger partial charge in [0.05, 0.1) is 6.54 Å². The number of piperidine rings is 1. The van der Waals surface area contributed by atoms with Crippen LogP contribution in [0.1, 0.15) is 40.0 Å². The van der Waals surface area contributed by atoms with E-state index in [1.54, 1.807) is 0 Å². The predicted octanol–water partition coefficient (Wildman–Crippen LogP) is 2.64. The molecule has 0 bridgehead atoms. The quantitative estimate of drug-likeness (QED) is 0.872. The molecule has 0 saturated carbocycles. The molecule has 5 nitrogen and oxygen atoms in total. The van der Waals surface area contributed by atoms with E-state index in [0.717, 1.165) is 31.6 Å². The molecular weight excluding hydrogens is 302 g/mol. The minimum Gasteiger partial charge on any atom is -0.353 e. The summed E-state index contributed by atoms with van der Waals surface area (Å²) in [4.78, 5) is 26.2. The molecule has 2 amide bonds. The molecule has 0 aromatic heterocycles. The average molecular weight is 331 g/mol. The highest BCUT2D eigenvalue weighted by Gasteiger charge is 2.23. The molecule has 0 radical (unpaired) electrons. The Bertz CT molecular complexity index is 543. The zero-order valence-electron chi connectivity index (χ0n) is 15.0. The molecule has 0 aliphatic carbocycles. The van der Waals surface area contributed by atoms with E-state index in [9.17, 15) is 9.59 Å². The maximum absolute atomic E-state index is 12.1. The molecule has 2 rings (SSSR count). The second kappa shape index (κ2) is 8.29. The van der Waals surface area contributed by atoms with Gasteiger partial charge in [0.2, 0.25) is 11.8 Å². The SMILES string of the molecule is CC(C)(C)CC(=O)NC1CCN(CC(=O)Nc2ccccc2)CC1. The van der Waals surface area contributed by atoms with Crippen molar-refractivity contribution >= 4 is 17.5 Å². The van der Waals surface area contributed by atoms with E-state index < -0.39 is 0 Å². The minimum absolute atomic E-state index is 0.0106. The summed E-state index contributed by atoms with van der Waals surface area (Å²) in [6, 6.07) is 9.73. The monoisotopic (exact) mass is 331 g/mol. The van der Waals surface area contributed by atoms with Crippen LogP contribution in [0.25, 0.3) is 0 Å². The van der Waals surface area contributed by atoms with Gasteiger partial charge in [-0.2, -0.15) is 0 Å². The Kier molecular flexibility index (Phi) is 6.37. The van der Waals surface area contributed by atoms with Crippen molar-refractivity contribution in [1.82, 2.24) is 10.2 Å². The molecule has 1 aliphatic heterocycles. The zero-order valence-corrected chi connectivity index (χ0v) is 15.0. The van der Waals surface area contributed by atoms with Crippen LogP contribution in [0.15, 0.2) is 30.3 Å². The van der Waals surface area contributed by atoms with Crippen LogP contribution < -0.4 is 10.6 Å². The Morgan fingerprint density at radius 1 is 1.08 bits per heavy atom. The lowest BCUT2D eigenvalue weighted by Gasteiger charge is -2.32. The highest BCUT2D eigenvalue weighted by Crippen LogP contribution is 2.19. The van der Waals surface area contributed by atoms with Gasteiger partial charge >= 0.3 is 0 Å². The molecule has 0 atom stereocenters. The molecule has 0 spiro atoms. The topological polar surface area (TPSA) is 61.4 Å². The first-order valence-electron chi connectivity index (χ1n) is 8.68. The van der Waals surface area contributed by atoms with Gasteiger partial charge in [-0.05, 0) is 30.4 Å². The van der Waals surface area contributed by atoms with Gasteiger partial charge in [-0.15, -0.1) is 0 Å². The summed E-state index contributed by atoms with van der Waals surface area (Å²) in [5, 5.41) is 6.03. The molecule has 132 valence electrons. The van der Waals surface area contributed by atoms with Gasteiger partial charge in [-0.1, -0.05) is 39.0 Å². The second-order valence-electron chi connectivity index (χ2n) is 7.77. The van der Waals surface area contributed by atoms with Crippen LogP contribution >= 0.6 is 0 Å². The minimum atomic E-state index is 0.0106. The maximum atomic E-state index is 12.1. The molecule has 1 aromatic carbocycles. The molecule has 24 heavy (non-hydrogen) atoms. The molecule has 2 N–H and O–H groups in total. The first-order chi connectivity index (χ1) is 11.3. The van der Waals surface area contributed by atoms with E-state index >= 15 is 0 Å². The van der Waals surface area contributed by atoms with E-state index in [1.807, 2.05) is 30.3 Å². The van der Waals surface area contributed by atoms with E-state index in [1.165, 1.54) is 0 Å². The first-order valence-corrected chi connectivity index (χ1v) is 8.68. The zero-order chi connectivity index (χ0) is 17.6. The fraction of sp³-hybridized carbons (Fsp3) is 0.579. The second-order valence-corrected chi connectivity index (χ2v) is 7.77. The summed E-state index contributed by atoms with van der Waals surface area (Å²) in [5.74, 6) is 0.138. The average Bonchev–Trinajstić information content (AvgIpc) is 2.48. The highest BCUT2D eigenvalue weighted by molar-refractivity contribution is 5.92. The van der Waals surface area contributed by atoms with Crippen molar-refractivity contribution in [3.05, 3.63) is 30.3 Å². The van der Waals surface area contributed by atoms with Crippen molar-refractivity contribution in [3.63, 3.8) is 0 Å². The summed E-state index contributed by atoms with van der Waals surface area (Å²) in [6.07, 6.45) is 2.34. The Balaban J connectivity index is 1.69. The van der Waals surface area contributed by atoms with Gasteiger partial charge in [0.25, 0.3) is 0 Å². The lowest BCUT2D eigenvalue weighted by Crippen LogP contribution is -2.47. The number of amides is 2. The van der Waals surface area contributed by atoms with Crippen molar-refractivity contribution in [1.29, 1.82) is 0 Å². The third kappa shape index (κ3) is 6.71. The predicted molar refractivity (Wildman–Crippen MR) is 96.7 cm³/mol. The third-order valence-electron chi connectivity index (χ3n) is 4.07. The molecular formula is C19H29N3O2. The summed E-state index contributed by atoms with van der Waals surface area (Å²) < 4.78 is 0. The fourth-order valence-corrected chi connectivity index (χ4v) is 2.92. The van der Waals surface area contributed by atoms with Crippen molar-refractivity contribution in [2.24, 2.45) is 5.41 Å². The largest absolute Gasteiger partial charge is 0.353 e. The normalized spacial score (nSPS) is 16.6. The standard InChI is InChI=1S/C19H29N3O2/c1-19(2,3)13-17(23)20-16-9-11-22(12-10-16)14-18(24)21-15-7-5-4-6-8-15/h4-8,16H,9-14H2,1-3H3,(H,20,23)(H,21,24). The maximum Gasteiger partial charge on any atom is 0.238 e. The summed E-state index contributed by atoms with van der Waals surface area (Å²) in [5.41, 5.74) is 0.840. The van der Waals surface area contributed by atoms with Crippen molar-refractivity contribution < 1.29 is 9.59 Å². The molecule has 1 fully saturated rings. The molecule has 1 aromatic rings. The van der Waals surface area contributed by atoms with E-state index in [-0.39, 0.29) is 23.3 Å². The van der Waals surface area contributed by atoms with Crippen molar-refractivity contribution in [2.75, 3.05) is 25.0 Å². The first kappa shape index (κ1) is 18.5. The van der Waals surface area contributed by atoms with Crippen LogP contribution in [0.4, 0.5) is 5.69 Å². The van der Waals surface area contributed by atoms with E-state index in [4.69, 9.17) is 0 Å². The van der Waals surface area contributed by atoms with Crippen LogP contribution in [-0.4, -0.2) is 42.4 Å². The molecule has 1 saturated heterocycles. The van der Waals surface area contributed by atoms with Crippen LogP contribution in [-0.2, 0) is 9.59 Å². The number of nitrogens with zero attached hydrogens (tertiary/aromatic N) is 1. The van der Waals surface area contributed by atoms with Crippen LogP contribution in [0.3, 0.4) is 0 Å². The van der Waals surface area contributed by atoms with Crippen LogP contribution in [0, 0.1) is 5.41 Å². The van der Waals surface area contributed by atoms with Gasteiger partial charge < -0.3 is 10.6 Å². The molecule has 1 aliphatic rings. The number of carbonyl (C=O) groups excluding carboxylic acids is 2. The number of anilines is 1. The number of hydrogen-bond donors (Lipinski definition) is 2. The molecule has 5 heteroatoms. The lowest BCUT2D eigenvalue weighted by molar-refractivity contribution is -0.124. The van der Waals surface area contributed by atoms with Gasteiger partial charge in [0.15, 0.2) is 0 Å². The number of para-hydroxylation sites is 1. The summed E-state index contributed by atoms with van der Waals surface area (Å²) >= 11 is 0. The number of benzene rings is 1. The van der Waals surface area contributed by atoms with Gasteiger partial charge in [0.1, 0.15) is 0 Å². The van der Waals surface area contributed by atoms with Gasteiger partial charge in [-0.3, -0.25) is 14.5 Å². The Morgan fingerprint density at radius 2 is 1.71 bits per heavy atom. The molecule has 1 heterocycles. The molecule has 0 unspecified atom stereocenters. The Labute approximate surface area is 144 Å². The number of carbonyl (C=O) groups is 2. The van der Waals surface area contributed by atoms with Gasteiger partial charge in [0, 0.05) is 31.2 Å². The number of rotatable bonds is 5. The van der Waals surface area contributed by atoms with Crippen molar-refractivity contribution in [2.45, 2.75) is 46.1 Å². The van der Waals surface area contributed by atoms with Crippen LogP contribution in [0.5, 0.6) is 0 Å². The van der Waals surface area contributed by atoms with Gasteiger partial charge in [-0.25, -0.2) is 0 Å². The third-order valence-corrected chi connectivity index (χ3v) is 4.07. The fourth-order valence-electron chi connectivity index (χ4n) is 2.92.